The molecule has 0 saturated carbocycles. The second kappa shape index (κ2) is 7.16. The van der Waals surface area contributed by atoms with E-state index in [0.717, 1.165) is 12.8 Å². The lowest BCUT2D eigenvalue weighted by Gasteiger charge is -2.36. The Balaban J connectivity index is 1.94. The summed E-state index contributed by atoms with van der Waals surface area (Å²) in [6.07, 6.45) is 1.51. The number of benzene rings is 1. The minimum absolute atomic E-state index is 0.0135. The second-order valence-electron chi connectivity index (χ2n) is 7.10. The molecule has 1 aromatic carbocycles. The highest BCUT2D eigenvalue weighted by Crippen LogP contribution is 2.27. The van der Waals surface area contributed by atoms with Crippen LogP contribution in [0.2, 0.25) is 0 Å². The molecule has 0 bridgehead atoms. The maximum atomic E-state index is 12.5. The van der Waals surface area contributed by atoms with Gasteiger partial charge in [-0.05, 0) is 25.3 Å². The zero-order valence-electron chi connectivity index (χ0n) is 14.6. The van der Waals surface area contributed by atoms with Gasteiger partial charge in [-0.2, -0.15) is 0 Å². The van der Waals surface area contributed by atoms with E-state index in [1.54, 1.807) is 6.92 Å². The van der Waals surface area contributed by atoms with Gasteiger partial charge in [0, 0.05) is 37.4 Å². The molecule has 1 fully saturated rings. The van der Waals surface area contributed by atoms with Gasteiger partial charge < -0.3 is 10.2 Å². The molecule has 0 aliphatic carbocycles. The predicted molar refractivity (Wildman–Crippen MR) is 92.1 cm³/mol. The number of amides is 2. The number of likely N-dealkylation sites (tertiary alicyclic amines) is 1. The molecule has 0 radical (unpaired) electrons. The Labute approximate surface area is 139 Å². The molecule has 1 unspecified atom stereocenters. The van der Waals surface area contributed by atoms with E-state index in [-0.39, 0.29) is 29.2 Å². The number of rotatable bonds is 4. The van der Waals surface area contributed by atoms with Gasteiger partial charge in [-0.15, -0.1) is 0 Å². The molecule has 23 heavy (non-hydrogen) atoms. The Morgan fingerprint density at radius 1 is 1.17 bits per heavy atom. The molecule has 1 heterocycles. The highest BCUT2D eigenvalue weighted by atomic mass is 16.2. The van der Waals surface area contributed by atoms with Crippen LogP contribution in [0.3, 0.4) is 0 Å². The zero-order chi connectivity index (χ0) is 17.0. The van der Waals surface area contributed by atoms with Crippen LogP contribution < -0.4 is 5.32 Å². The van der Waals surface area contributed by atoms with Crippen LogP contribution in [0.15, 0.2) is 30.3 Å². The fourth-order valence-electron chi connectivity index (χ4n) is 3.09. The van der Waals surface area contributed by atoms with Crippen LogP contribution in [-0.2, 0) is 15.0 Å². The van der Waals surface area contributed by atoms with Crippen molar-refractivity contribution in [2.75, 3.05) is 13.1 Å². The first-order valence-electron chi connectivity index (χ1n) is 8.43. The lowest BCUT2D eigenvalue weighted by atomic mass is 9.78. The van der Waals surface area contributed by atoms with E-state index in [1.165, 1.54) is 5.56 Å². The third kappa shape index (κ3) is 4.12. The lowest BCUT2D eigenvalue weighted by Crippen LogP contribution is -2.49. The van der Waals surface area contributed by atoms with Crippen molar-refractivity contribution in [3.63, 3.8) is 0 Å². The van der Waals surface area contributed by atoms with Crippen molar-refractivity contribution in [2.24, 2.45) is 5.92 Å². The summed E-state index contributed by atoms with van der Waals surface area (Å²) in [5.74, 6) is 0.228. The topological polar surface area (TPSA) is 49.4 Å². The van der Waals surface area contributed by atoms with Gasteiger partial charge in [-0.1, -0.05) is 44.2 Å². The van der Waals surface area contributed by atoms with Gasteiger partial charge in [-0.25, -0.2) is 0 Å². The number of carbonyl (C=O) groups excluding carboxylic acids is 2. The Kier molecular flexibility index (Phi) is 5.45. The van der Waals surface area contributed by atoms with Crippen molar-refractivity contribution >= 4 is 11.8 Å². The van der Waals surface area contributed by atoms with Gasteiger partial charge in [0.1, 0.15) is 0 Å². The molecule has 0 spiro atoms. The number of nitrogens with zero attached hydrogens (tertiary/aromatic N) is 1. The van der Waals surface area contributed by atoms with E-state index in [9.17, 15) is 9.59 Å². The van der Waals surface area contributed by atoms with Crippen molar-refractivity contribution in [1.82, 2.24) is 10.2 Å². The standard InChI is InChI=1S/C19H28N2O2/c1-14(19(3,4)17-8-6-5-7-9-17)20-18(23)16-10-12-21(13-11-16)15(2)22/h5-9,14,16H,10-13H2,1-4H3,(H,20,23). The molecule has 1 aliphatic heterocycles. The lowest BCUT2D eigenvalue weighted by molar-refractivity contribution is -0.134. The molecule has 2 amide bonds. The first-order chi connectivity index (χ1) is 10.8. The van der Waals surface area contributed by atoms with E-state index >= 15 is 0 Å². The molecule has 0 aromatic heterocycles. The number of carbonyl (C=O) groups is 2. The quantitative estimate of drug-likeness (QED) is 0.928. The highest BCUT2D eigenvalue weighted by molar-refractivity contribution is 5.80. The largest absolute Gasteiger partial charge is 0.353 e. The molecular formula is C19H28N2O2. The van der Waals surface area contributed by atoms with Crippen molar-refractivity contribution in [2.45, 2.75) is 52.0 Å². The van der Waals surface area contributed by atoms with Crippen molar-refractivity contribution < 1.29 is 9.59 Å². The Hall–Kier alpha value is -1.84. The van der Waals surface area contributed by atoms with E-state index in [1.807, 2.05) is 23.1 Å². The molecule has 4 heteroatoms. The van der Waals surface area contributed by atoms with Crippen LogP contribution in [0, 0.1) is 5.92 Å². The van der Waals surface area contributed by atoms with Crippen LogP contribution in [0.1, 0.15) is 46.1 Å². The fraction of sp³-hybridized carbons (Fsp3) is 0.579. The molecule has 1 aromatic rings. The second-order valence-corrected chi connectivity index (χ2v) is 7.10. The smallest absolute Gasteiger partial charge is 0.223 e. The van der Waals surface area contributed by atoms with Crippen LogP contribution >= 0.6 is 0 Å². The summed E-state index contributed by atoms with van der Waals surface area (Å²) < 4.78 is 0. The van der Waals surface area contributed by atoms with Gasteiger partial charge in [0.2, 0.25) is 11.8 Å². The van der Waals surface area contributed by atoms with Gasteiger partial charge in [0.25, 0.3) is 0 Å². The molecule has 4 nitrogen and oxygen atoms in total. The summed E-state index contributed by atoms with van der Waals surface area (Å²) in [4.78, 5) is 25.7. The average molecular weight is 316 g/mol. The predicted octanol–water partition coefficient (Wildman–Crippen LogP) is 2.73. The first kappa shape index (κ1) is 17.5. The van der Waals surface area contributed by atoms with E-state index in [2.05, 4.69) is 38.2 Å². The molecule has 1 atom stereocenters. The summed E-state index contributed by atoms with van der Waals surface area (Å²) in [6.45, 7) is 9.34. The van der Waals surface area contributed by atoms with Crippen LogP contribution in [-0.4, -0.2) is 35.8 Å². The maximum absolute atomic E-state index is 12.5. The molecular weight excluding hydrogens is 288 g/mol. The minimum atomic E-state index is -0.128. The fourth-order valence-corrected chi connectivity index (χ4v) is 3.09. The van der Waals surface area contributed by atoms with E-state index < -0.39 is 0 Å². The first-order valence-corrected chi connectivity index (χ1v) is 8.43. The van der Waals surface area contributed by atoms with Crippen molar-refractivity contribution in [3.05, 3.63) is 35.9 Å². The number of hydrogen-bond acceptors (Lipinski definition) is 2. The zero-order valence-corrected chi connectivity index (χ0v) is 14.6. The summed E-state index contributed by atoms with van der Waals surface area (Å²) in [5, 5.41) is 3.19. The van der Waals surface area contributed by atoms with Crippen molar-refractivity contribution in [3.8, 4) is 0 Å². The third-order valence-electron chi connectivity index (χ3n) is 5.27. The molecule has 1 saturated heterocycles. The molecule has 126 valence electrons. The Bertz CT molecular complexity index is 546. The summed E-state index contributed by atoms with van der Waals surface area (Å²) in [5.41, 5.74) is 1.09. The highest BCUT2D eigenvalue weighted by Gasteiger charge is 2.32. The van der Waals surface area contributed by atoms with Crippen LogP contribution in [0.4, 0.5) is 0 Å². The summed E-state index contributed by atoms with van der Waals surface area (Å²) in [6, 6.07) is 10.3. The average Bonchev–Trinajstić information content (AvgIpc) is 2.55. The maximum Gasteiger partial charge on any atom is 0.223 e. The SMILES string of the molecule is CC(=O)N1CCC(C(=O)NC(C)C(C)(C)c2ccccc2)CC1. The number of nitrogens with one attached hydrogen (secondary N) is 1. The van der Waals surface area contributed by atoms with Gasteiger partial charge >= 0.3 is 0 Å². The van der Waals surface area contributed by atoms with Gasteiger partial charge in [0.15, 0.2) is 0 Å². The van der Waals surface area contributed by atoms with Gasteiger partial charge in [0.05, 0.1) is 0 Å². The molecule has 1 aliphatic rings. The van der Waals surface area contributed by atoms with Crippen LogP contribution in [0.25, 0.3) is 0 Å². The van der Waals surface area contributed by atoms with Crippen molar-refractivity contribution in [1.29, 1.82) is 0 Å². The minimum Gasteiger partial charge on any atom is -0.353 e. The van der Waals surface area contributed by atoms with E-state index in [0.29, 0.717) is 13.1 Å². The van der Waals surface area contributed by atoms with E-state index in [4.69, 9.17) is 0 Å². The summed E-state index contributed by atoms with van der Waals surface area (Å²) >= 11 is 0. The number of hydrogen-bond donors (Lipinski definition) is 1. The molecule has 1 N–H and O–H groups in total. The van der Waals surface area contributed by atoms with Gasteiger partial charge in [-0.3, -0.25) is 9.59 Å². The Morgan fingerprint density at radius 3 is 2.26 bits per heavy atom. The number of piperidine rings is 1. The monoisotopic (exact) mass is 316 g/mol. The third-order valence-corrected chi connectivity index (χ3v) is 5.27. The normalized spacial score (nSPS) is 17.7. The van der Waals surface area contributed by atoms with Crippen LogP contribution in [0.5, 0.6) is 0 Å². The molecule has 2 rings (SSSR count). The Morgan fingerprint density at radius 2 is 1.74 bits per heavy atom. The summed E-state index contributed by atoms with van der Waals surface area (Å²) in [7, 11) is 0.